The number of hydrogen-bond donors (Lipinski definition) is 0. The molecule has 0 spiro atoms. The molecule has 0 fully saturated rings. The molecule has 0 atom stereocenters. The van der Waals surface area contributed by atoms with Crippen molar-refractivity contribution >= 4 is 61.3 Å². The summed E-state index contributed by atoms with van der Waals surface area (Å²) in [6, 6.07) is 16.5. The molecule has 2 aromatic heterocycles. The van der Waals surface area contributed by atoms with E-state index in [-0.39, 0.29) is 23.9 Å². The van der Waals surface area contributed by atoms with Crippen LogP contribution in [0, 0.1) is 22.5 Å². The first-order chi connectivity index (χ1) is 17.9. The summed E-state index contributed by atoms with van der Waals surface area (Å²) in [5.74, 6) is 2.71. The molecular formula is C26H14BrClN4O5. The van der Waals surface area contributed by atoms with Gasteiger partial charge in [0.2, 0.25) is 11.6 Å². The molecule has 2 heterocycles. The second kappa shape index (κ2) is 9.89. The zero-order valence-corrected chi connectivity index (χ0v) is 21.1. The number of aromatic nitrogens is 2. The van der Waals surface area contributed by atoms with Crippen LogP contribution in [0.15, 0.2) is 79.4 Å². The van der Waals surface area contributed by atoms with Crippen molar-refractivity contribution in [3.63, 3.8) is 0 Å². The fourth-order valence-corrected chi connectivity index (χ4v) is 4.47. The molecule has 182 valence electrons. The Morgan fingerprint density at radius 2 is 2.05 bits per heavy atom. The third kappa shape index (κ3) is 4.70. The van der Waals surface area contributed by atoms with Crippen molar-refractivity contribution in [2.75, 3.05) is 6.61 Å². The normalized spacial score (nSPS) is 11.3. The van der Waals surface area contributed by atoms with E-state index in [1.807, 2.05) is 0 Å². The maximum absolute atomic E-state index is 13.4. The van der Waals surface area contributed by atoms with Gasteiger partial charge in [0, 0.05) is 22.0 Å². The van der Waals surface area contributed by atoms with Gasteiger partial charge >= 0.3 is 5.69 Å². The minimum atomic E-state index is -0.595. The molecule has 9 nitrogen and oxygen atoms in total. The van der Waals surface area contributed by atoms with E-state index in [9.17, 15) is 14.9 Å². The van der Waals surface area contributed by atoms with Crippen molar-refractivity contribution < 1.29 is 14.1 Å². The van der Waals surface area contributed by atoms with Crippen molar-refractivity contribution in [2.45, 2.75) is 0 Å². The monoisotopic (exact) mass is 576 g/mol. The zero-order chi connectivity index (χ0) is 26.1. The van der Waals surface area contributed by atoms with Gasteiger partial charge in [-0.2, -0.15) is 9.78 Å². The molecule has 5 rings (SSSR count). The Labute approximate surface area is 222 Å². The van der Waals surface area contributed by atoms with Crippen LogP contribution < -0.4 is 10.3 Å². The number of para-hydroxylation sites is 1. The van der Waals surface area contributed by atoms with E-state index in [0.29, 0.717) is 37.3 Å². The van der Waals surface area contributed by atoms with Gasteiger partial charge in [-0.05, 0) is 58.4 Å². The van der Waals surface area contributed by atoms with E-state index in [0.717, 1.165) is 10.1 Å². The molecule has 0 bridgehead atoms. The first kappa shape index (κ1) is 24.2. The van der Waals surface area contributed by atoms with Crippen molar-refractivity contribution in [3.8, 4) is 29.7 Å². The predicted molar refractivity (Wildman–Crippen MR) is 144 cm³/mol. The van der Waals surface area contributed by atoms with Gasteiger partial charge in [0.15, 0.2) is 5.76 Å². The van der Waals surface area contributed by atoms with Crippen LogP contribution in [-0.4, -0.2) is 27.4 Å². The molecule has 0 unspecified atom stereocenters. The molecule has 0 aliphatic carbocycles. The van der Waals surface area contributed by atoms with Crippen molar-refractivity contribution in [3.05, 3.63) is 96.2 Å². The summed E-state index contributed by atoms with van der Waals surface area (Å²) in [6.45, 7) is -0.142. The highest BCUT2D eigenvalue weighted by molar-refractivity contribution is 9.10. The van der Waals surface area contributed by atoms with Gasteiger partial charge < -0.3 is 9.15 Å². The predicted octanol–water partition coefficient (Wildman–Crippen LogP) is 6.03. The van der Waals surface area contributed by atoms with Gasteiger partial charge in [-0.25, -0.2) is 4.98 Å². The molecule has 0 radical (unpaired) electrons. The number of fused-ring (bicyclic) bond motifs is 2. The van der Waals surface area contributed by atoms with Gasteiger partial charge in [0.1, 0.15) is 12.2 Å². The highest BCUT2D eigenvalue weighted by Crippen LogP contribution is 2.36. The number of furan rings is 1. The lowest BCUT2D eigenvalue weighted by Gasteiger charge is -2.08. The zero-order valence-electron chi connectivity index (χ0n) is 18.7. The Bertz CT molecular complexity index is 1840. The third-order valence-electron chi connectivity index (χ3n) is 5.32. The van der Waals surface area contributed by atoms with E-state index in [2.05, 4.69) is 31.9 Å². The van der Waals surface area contributed by atoms with Crippen molar-refractivity contribution in [1.82, 2.24) is 9.66 Å². The van der Waals surface area contributed by atoms with Crippen LogP contribution in [0.1, 0.15) is 5.56 Å². The average Bonchev–Trinajstić information content (AvgIpc) is 3.30. The molecule has 0 aliphatic rings. The summed E-state index contributed by atoms with van der Waals surface area (Å²) >= 11 is 9.39. The smallest absolute Gasteiger partial charge is 0.312 e. The second-order valence-corrected chi connectivity index (χ2v) is 9.00. The van der Waals surface area contributed by atoms with Crippen molar-refractivity contribution in [1.29, 1.82) is 0 Å². The summed E-state index contributed by atoms with van der Waals surface area (Å²) in [5, 5.41) is 17.6. The molecule has 5 aromatic rings. The first-order valence-electron chi connectivity index (χ1n) is 10.7. The Balaban J connectivity index is 1.67. The maximum Gasteiger partial charge on any atom is 0.312 e. The number of nitro groups is 1. The van der Waals surface area contributed by atoms with Gasteiger partial charge in [0.25, 0.3) is 5.56 Å². The van der Waals surface area contributed by atoms with Gasteiger partial charge in [-0.15, -0.1) is 6.42 Å². The van der Waals surface area contributed by atoms with E-state index in [4.69, 9.17) is 27.2 Å². The largest absolute Gasteiger partial charge is 0.473 e. The highest BCUT2D eigenvalue weighted by atomic mass is 79.9. The lowest BCUT2D eigenvalue weighted by atomic mass is 10.2. The number of rotatable bonds is 6. The fraction of sp³-hybridized carbons (Fsp3) is 0.0385. The van der Waals surface area contributed by atoms with Crippen LogP contribution >= 0.6 is 27.5 Å². The van der Waals surface area contributed by atoms with Crippen molar-refractivity contribution in [2.24, 2.45) is 5.10 Å². The molecule has 0 saturated heterocycles. The molecular weight excluding hydrogens is 564 g/mol. The van der Waals surface area contributed by atoms with Crippen LogP contribution in [0.2, 0.25) is 5.02 Å². The standard InChI is InChI=1S/C26H14BrClN4O5/c1-2-9-36-24-19(27)10-15(11-21(24)32(34)35)14-29-31-25(30-20-6-4-3-5-18(20)26(31)33)23-13-16-12-17(28)7-8-22(16)37-23/h1,3-8,10-14H,9H2. The van der Waals surface area contributed by atoms with Crippen LogP contribution in [0.5, 0.6) is 5.75 Å². The van der Waals surface area contributed by atoms with E-state index in [1.165, 1.54) is 12.3 Å². The van der Waals surface area contributed by atoms with E-state index >= 15 is 0 Å². The Morgan fingerprint density at radius 1 is 1.24 bits per heavy atom. The van der Waals surface area contributed by atoms with Gasteiger partial charge in [0.05, 0.1) is 26.5 Å². The number of benzene rings is 3. The summed E-state index contributed by atoms with van der Waals surface area (Å²) in [6.07, 6.45) is 6.52. The summed E-state index contributed by atoms with van der Waals surface area (Å²) in [7, 11) is 0. The number of nitro benzene ring substituents is 1. The minimum Gasteiger partial charge on any atom is -0.473 e. The maximum atomic E-state index is 13.4. The second-order valence-electron chi connectivity index (χ2n) is 7.71. The summed E-state index contributed by atoms with van der Waals surface area (Å²) < 4.78 is 12.7. The highest BCUT2D eigenvalue weighted by Gasteiger charge is 2.21. The van der Waals surface area contributed by atoms with Gasteiger partial charge in [-0.3, -0.25) is 14.9 Å². The van der Waals surface area contributed by atoms with Gasteiger partial charge in [-0.1, -0.05) is 29.7 Å². The number of terminal acetylenes is 1. The Kier molecular flexibility index (Phi) is 6.48. The van der Waals surface area contributed by atoms with Crippen LogP contribution in [0.3, 0.4) is 0 Å². The van der Waals surface area contributed by atoms with Crippen LogP contribution in [0.4, 0.5) is 5.69 Å². The Hall–Kier alpha value is -4.46. The lowest BCUT2D eigenvalue weighted by molar-refractivity contribution is -0.385. The van der Waals surface area contributed by atoms with E-state index < -0.39 is 10.5 Å². The molecule has 11 heteroatoms. The molecule has 3 aromatic carbocycles. The Morgan fingerprint density at radius 3 is 2.84 bits per heavy atom. The first-order valence-corrected chi connectivity index (χ1v) is 11.8. The topological polar surface area (TPSA) is 113 Å². The summed E-state index contributed by atoms with van der Waals surface area (Å²) in [5.41, 5.74) is 0.580. The molecule has 37 heavy (non-hydrogen) atoms. The quantitative estimate of drug-likeness (QED) is 0.105. The molecule has 0 N–H and O–H groups in total. The van der Waals surface area contributed by atoms with E-state index in [1.54, 1.807) is 54.6 Å². The fourth-order valence-electron chi connectivity index (χ4n) is 3.71. The summed E-state index contributed by atoms with van der Waals surface area (Å²) in [4.78, 5) is 29.1. The molecule has 0 saturated carbocycles. The number of nitrogens with zero attached hydrogens (tertiary/aromatic N) is 4. The van der Waals surface area contributed by atoms with Crippen LogP contribution in [-0.2, 0) is 0 Å². The minimum absolute atomic E-state index is 0.00809. The number of ether oxygens (including phenoxy) is 1. The third-order valence-corrected chi connectivity index (χ3v) is 6.14. The average molecular weight is 578 g/mol. The molecule has 0 amide bonds. The SMILES string of the molecule is C#CCOc1c(Br)cc(C=Nn2c(-c3cc4cc(Cl)ccc4o3)nc3ccccc3c2=O)cc1[N+](=O)[O-]. The lowest BCUT2D eigenvalue weighted by Crippen LogP contribution is -2.20. The number of halogens is 2. The number of hydrogen-bond acceptors (Lipinski definition) is 7. The van der Waals surface area contributed by atoms with Crippen LogP contribution in [0.25, 0.3) is 33.5 Å². The molecule has 0 aliphatic heterocycles.